The largest absolute Gasteiger partial charge is 0.504 e. The maximum atomic E-state index is 12.7. The van der Waals surface area contributed by atoms with Gasteiger partial charge in [-0.3, -0.25) is 9.59 Å². The van der Waals surface area contributed by atoms with E-state index in [2.05, 4.69) is 34.6 Å². The van der Waals surface area contributed by atoms with Gasteiger partial charge in [-0.1, -0.05) is 40.2 Å². The summed E-state index contributed by atoms with van der Waals surface area (Å²) in [5.41, 5.74) is 1.27. The van der Waals surface area contributed by atoms with Crippen LogP contribution in [0.1, 0.15) is 92.9 Å². The molecule has 0 aromatic carbocycles. The van der Waals surface area contributed by atoms with Crippen molar-refractivity contribution in [3.8, 4) is 0 Å². The zero-order valence-electron chi connectivity index (χ0n) is 21.3. The molecule has 8 atom stereocenters. The minimum Gasteiger partial charge on any atom is -0.504 e. The molecule has 33 heavy (non-hydrogen) atoms. The molecule has 5 aliphatic carbocycles. The number of hydrogen-bond acceptors (Lipinski definition) is 3. The van der Waals surface area contributed by atoms with Crippen molar-refractivity contribution >= 4 is 11.8 Å². The Morgan fingerprint density at radius 3 is 2.36 bits per heavy atom. The fourth-order valence-corrected chi connectivity index (χ4v) is 10.3. The summed E-state index contributed by atoms with van der Waals surface area (Å²) in [5, 5.41) is 21.0. The van der Waals surface area contributed by atoms with E-state index in [0.717, 1.165) is 56.9 Å². The monoisotopic (exact) mass is 454 g/mol. The lowest BCUT2D eigenvalue weighted by Gasteiger charge is -2.69. The zero-order valence-corrected chi connectivity index (χ0v) is 21.3. The standard InChI is InChI=1S/C29H42O4/c1-16(2)18-9-12-29(25(32)33)14-13-27(5)20(23(18)29)7-8-22-26(4)15-21(30)24(31)17(3)19(26)10-11-28(22,27)6/h15-16,18,20,22-23,30H,7-14H2,1-6H3,(H,32,33)/t18-,20+,22+,23+,26-,27+,28+,29-/m0/s1. The van der Waals surface area contributed by atoms with Gasteiger partial charge in [-0.05, 0) is 105 Å². The molecule has 5 rings (SSSR count). The number of carboxylic acid groups (broad SMARTS) is 1. The lowest BCUT2D eigenvalue weighted by molar-refractivity contribution is -0.202. The molecule has 5 aliphatic rings. The van der Waals surface area contributed by atoms with Gasteiger partial charge >= 0.3 is 5.97 Å². The Morgan fingerprint density at radius 2 is 1.73 bits per heavy atom. The maximum Gasteiger partial charge on any atom is 0.309 e. The van der Waals surface area contributed by atoms with E-state index in [1.54, 1.807) is 0 Å². The summed E-state index contributed by atoms with van der Waals surface area (Å²) >= 11 is 0. The number of carbonyl (C=O) groups is 2. The molecule has 0 radical (unpaired) electrons. The van der Waals surface area contributed by atoms with Gasteiger partial charge in [-0.2, -0.15) is 0 Å². The highest BCUT2D eigenvalue weighted by Crippen LogP contribution is 2.76. The summed E-state index contributed by atoms with van der Waals surface area (Å²) in [6.45, 7) is 13.7. The predicted octanol–water partition coefficient (Wildman–Crippen LogP) is 6.71. The summed E-state index contributed by atoms with van der Waals surface area (Å²) in [5.74, 6) is 1.19. The molecule has 0 amide bonds. The number of aliphatic carboxylic acids is 1. The topological polar surface area (TPSA) is 74.6 Å². The Labute approximate surface area is 198 Å². The van der Waals surface area contributed by atoms with Crippen LogP contribution in [0.4, 0.5) is 0 Å². The number of allylic oxidation sites excluding steroid dienone is 3. The van der Waals surface area contributed by atoms with Crippen LogP contribution < -0.4 is 0 Å². The smallest absolute Gasteiger partial charge is 0.309 e. The van der Waals surface area contributed by atoms with Crippen LogP contribution in [-0.2, 0) is 9.59 Å². The molecule has 0 aliphatic heterocycles. The SMILES string of the molecule is CC1=C2CC[C@]3(C)[C@H](CC[C@@H]4[C@H]5[C@H](C(C)C)CC[C@]5(C(=O)O)CC[C@]43C)[C@@]2(C)C=C(O)C1=O. The molecule has 0 saturated heterocycles. The highest BCUT2D eigenvalue weighted by molar-refractivity contribution is 6.08. The van der Waals surface area contributed by atoms with Crippen molar-refractivity contribution in [2.45, 2.75) is 92.9 Å². The average molecular weight is 455 g/mol. The van der Waals surface area contributed by atoms with Crippen LogP contribution >= 0.6 is 0 Å². The Morgan fingerprint density at radius 1 is 1.03 bits per heavy atom. The van der Waals surface area contributed by atoms with Crippen LogP contribution in [0.5, 0.6) is 0 Å². The third kappa shape index (κ3) is 2.64. The number of Topliss-reactive ketones (excluding diaryl/α,β-unsaturated/α-hetero) is 1. The number of ketones is 1. The lowest BCUT2D eigenvalue weighted by atomic mass is 9.34. The van der Waals surface area contributed by atoms with Gasteiger partial charge in [0.2, 0.25) is 5.78 Å². The van der Waals surface area contributed by atoms with Crippen molar-refractivity contribution in [2.24, 2.45) is 51.2 Å². The van der Waals surface area contributed by atoms with Crippen molar-refractivity contribution in [1.29, 1.82) is 0 Å². The van der Waals surface area contributed by atoms with Gasteiger partial charge in [0, 0.05) is 11.0 Å². The second-order valence-corrected chi connectivity index (χ2v) is 13.2. The van der Waals surface area contributed by atoms with E-state index in [4.69, 9.17) is 0 Å². The van der Waals surface area contributed by atoms with Crippen LogP contribution in [-0.4, -0.2) is 22.0 Å². The minimum absolute atomic E-state index is 0.0559. The highest BCUT2D eigenvalue weighted by atomic mass is 16.4. The summed E-state index contributed by atoms with van der Waals surface area (Å²) in [4.78, 5) is 25.3. The molecule has 2 N–H and O–H groups in total. The molecule has 0 unspecified atom stereocenters. The van der Waals surface area contributed by atoms with Crippen molar-refractivity contribution in [3.05, 3.63) is 23.0 Å². The van der Waals surface area contributed by atoms with Crippen molar-refractivity contribution in [2.75, 3.05) is 0 Å². The van der Waals surface area contributed by atoms with Gasteiger partial charge in [-0.15, -0.1) is 0 Å². The third-order valence-electron chi connectivity index (χ3n) is 12.2. The Balaban J connectivity index is 1.61. The Bertz CT molecular complexity index is 974. The van der Waals surface area contributed by atoms with Gasteiger partial charge in [0.25, 0.3) is 0 Å². The van der Waals surface area contributed by atoms with E-state index in [-0.39, 0.29) is 33.7 Å². The zero-order chi connectivity index (χ0) is 24.1. The van der Waals surface area contributed by atoms with Gasteiger partial charge in [0.15, 0.2) is 5.76 Å². The van der Waals surface area contributed by atoms with Crippen LogP contribution in [0.2, 0.25) is 0 Å². The third-order valence-corrected chi connectivity index (χ3v) is 12.2. The number of aliphatic hydroxyl groups is 1. The maximum absolute atomic E-state index is 12.7. The van der Waals surface area contributed by atoms with Crippen molar-refractivity contribution < 1.29 is 19.8 Å². The molecular formula is C29H42O4. The number of aliphatic hydroxyl groups excluding tert-OH is 1. The predicted molar refractivity (Wildman–Crippen MR) is 129 cm³/mol. The Hall–Kier alpha value is -1.58. The molecule has 0 spiro atoms. The molecule has 182 valence electrons. The molecular weight excluding hydrogens is 412 g/mol. The second kappa shape index (κ2) is 6.98. The first kappa shape index (κ1) is 23.2. The molecule has 0 aromatic heterocycles. The summed E-state index contributed by atoms with van der Waals surface area (Å²) in [7, 11) is 0. The molecule has 4 heteroatoms. The first-order valence-electron chi connectivity index (χ1n) is 13.2. The molecule has 4 fully saturated rings. The van der Waals surface area contributed by atoms with E-state index in [1.807, 2.05) is 13.0 Å². The fraction of sp³-hybridized carbons (Fsp3) is 0.793. The first-order chi connectivity index (χ1) is 15.3. The quantitative estimate of drug-likeness (QED) is 0.486. The van der Waals surface area contributed by atoms with E-state index < -0.39 is 11.4 Å². The van der Waals surface area contributed by atoms with E-state index in [0.29, 0.717) is 23.7 Å². The molecule has 0 heterocycles. The number of fused-ring (bicyclic) bond motifs is 7. The van der Waals surface area contributed by atoms with Gasteiger partial charge in [-0.25, -0.2) is 0 Å². The molecule has 0 bridgehead atoms. The van der Waals surface area contributed by atoms with Crippen LogP contribution in [0, 0.1) is 51.2 Å². The van der Waals surface area contributed by atoms with E-state index in [9.17, 15) is 19.8 Å². The first-order valence-corrected chi connectivity index (χ1v) is 13.2. The average Bonchev–Trinajstić information content (AvgIpc) is 3.14. The summed E-state index contributed by atoms with van der Waals surface area (Å²) in [6, 6.07) is 0. The normalized spacial score (nSPS) is 49.2. The van der Waals surface area contributed by atoms with Gasteiger partial charge in [0.1, 0.15) is 0 Å². The summed E-state index contributed by atoms with van der Waals surface area (Å²) < 4.78 is 0. The van der Waals surface area contributed by atoms with E-state index >= 15 is 0 Å². The molecule has 0 aromatic rings. The number of hydrogen-bond donors (Lipinski definition) is 2. The second-order valence-electron chi connectivity index (χ2n) is 13.2. The van der Waals surface area contributed by atoms with Crippen LogP contribution in [0.3, 0.4) is 0 Å². The lowest BCUT2D eigenvalue weighted by Crippen LogP contribution is -2.64. The van der Waals surface area contributed by atoms with Crippen molar-refractivity contribution in [1.82, 2.24) is 0 Å². The number of rotatable bonds is 2. The van der Waals surface area contributed by atoms with Gasteiger partial charge < -0.3 is 10.2 Å². The highest BCUT2D eigenvalue weighted by Gasteiger charge is 2.70. The number of carboxylic acids is 1. The Kier molecular flexibility index (Phi) is 4.90. The van der Waals surface area contributed by atoms with Crippen LogP contribution in [0.25, 0.3) is 0 Å². The summed E-state index contributed by atoms with van der Waals surface area (Å²) in [6.07, 6.45) is 9.58. The van der Waals surface area contributed by atoms with Crippen LogP contribution in [0.15, 0.2) is 23.0 Å². The van der Waals surface area contributed by atoms with E-state index in [1.165, 1.54) is 5.57 Å². The molecule has 4 saturated carbocycles. The van der Waals surface area contributed by atoms with Crippen molar-refractivity contribution in [3.63, 3.8) is 0 Å². The fourth-order valence-electron chi connectivity index (χ4n) is 10.3. The molecule has 4 nitrogen and oxygen atoms in total. The van der Waals surface area contributed by atoms with Gasteiger partial charge in [0.05, 0.1) is 5.41 Å². The number of carbonyl (C=O) groups excluding carboxylic acids is 1. The minimum atomic E-state index is -0.555.